The van der Waals surface area contributed by atoms with Crippen LogP contribution >= 0.6 is 0 Å². The van der Waals surface area contributed by atoms with Crippen LogP contribution in [0.15, 0.2) is 41.7 Å². The molecule has 0 saturated carbocycles. The Hall–Kier alpha value is -2.23. The number of carbonyl (C=O) groups is 2. The van der Waals surface area contributed by atoms with Crippen LogP contribution in [-0.2, 0) is 4.74 Å². The molecule has 1 aliphatic heterocycles. The highest BCUT2D eigenvalue weighted by molar-refractivity contribution is 6.26. The third-order valence-corrected chi connectivity index (χ3v) is 3.74. The number of fused-ring (bicyclic) bond motifs is 1. The van der Waals surface area contributed by atoms with Gasteiger partial charge in [0.15, 0.2) is 11.6 Å². The summed E-state index contributed by atoms with van der Waals surface area (Å²) in [4.78, 5) is 24.7. The van der Waals surface area contributed by atoms with E-state index >= 15 is 0 Å². The van der Waals surface area contributed by atoms with Crippen molar-refractivity contribution in [1.29, 1.82) is 0 Å². The molecule has 102 valence electrons. The smallest absolute Gasteiger partial charge is 0.190 e. The van der Waals surface area contributed by atoms with Gasteiger partial charge in [-0.05, 0) is 31.2 Å². The molecule has 1 aromatic rings. The van der Waals surface area contributed by atoms with Crippen LogP contribution in [0.1, 0.15) is 40.5 Å². The molecule has 1 aromatic carbocycles. The van der Waals surface area contributed by atoms with Gasteiger partial charge in [-0.2, -0.15) is 0 Å². The van der Waals surface area contributed by atoms with Gasteiger partial charge in [0, 0.05) is 35.1 Å². The quantitative estimate of drug-likeness (QED) is 0.830. The van der Waals surface area contributed by atoms with Crippen molar-refractivity contribution in [2.24, 2.45) is 0 Å². The van der Waals surface area contributed by atoms with Crippen LogP contribution in [0.4, 0.5) is 4.39 Å². The molecule has 0 saturated heterocycles. The first-order chi connectivity index (χ1) is 9.58. The third-order valence-electron chi connectivity index (χ3n) is 3.74. The van der Waals surface area contributed by atoms with E-state index < -0.39 is 5.82 Å². The summed E-state index contributed by atoms with van der Waals surface area (Å²) in [5.74, 6) is -0.991. The van der Waals surface area contributed by atoms with Crippen LogP contribution in [0.25, 0.3) is 0 Å². The minimum atomic E-state index is -0.511. The van der Waals surface area contributed by atoms with E-state index in [-0.39, 0.29) is 28.8 Å². The van der Waals surface area contributed by atoms with Crippen LogP contribution in [0.5, 0.6) is 0 Å². The molecule has 0 fully saturated rings. The zero-order chi connectivity index (χ0) is 14.3. The molecule has 0 radical (unpaired) electrons. The van der Waals surface area contributed by atoms with Crippen molar-refractivity contribution in [2.75, 3.05) is 0 Å². The number of benzene rings is 1. The van der Waals surface area contributed by atoms with E-state index in [0.717, 1.165) is 6.07 Å². The Bertz CT molecular complexity index is 662. The zero-order valence-corrected chi connectivity index (χ0v) is 11.0. The number of ether oxygens (including phenoxy) is 1. The highest BCUT2D eigenvalue weighted by atomic mass is 19.1. The van der Waals surface area contributed by atoms with Crippen LogP contribution in [0.3, 0.4) is 0 Å². The van der Waals surface area contributed by atoms with Gasteiger partial charge in [-0.1, -0.05) is 0 Å². The second-order valence-corrected chi connectivity index (χ2v) is 5.02. The van der Waals surface area contributed by atoms with Crippen LogP contribution in [0.2, 0.25) is 0 Å². The molecule has 0 N–H and O–H groups in total. The maximum atomic E-state index is 13.3. The van der Waals surface area contributed by atoms with E-state index in [9.17, 15) is 14.0 Å². The first-order valence-corrected chi connectivity index (χ1v) is 6.47. The van der Waals surface area contributed by atoms with E-state index in [1.165, 1.54) is 12.1 Å². The predicted molar refractivity (Wildman–Crippen MR) is 71.0 cm³/mol. The lowest BCUT2D eigenvalue weighted by atomic mass is 9.82. The van der Waals surface area contributed by atoms with Gasteiger partial charge in [0.1, 0.15) is 11.9 Å². The van der Waals surface area contributed by atoms with E-state index in [4.69, 9.17) is 4.74 Å². The average Bonchev–Trinajstić information content (AvgIpc) is 2.94. The molecule has 1 heterocycles. The van der Waals surface area contributed by atoms with Crippen molar-refractivity contribution < 1.29 is 18.7 Å². The van der Waals surface area contributed by atoms with Gasteiger partial charge in [0.05, 0.1) is 6.26 Å². The molecule has 3 rings (SSSR count). The number of Topliss-reactive ketones (excluding diaryl/α,β-unsaturated/α-hetero) is 2. The van der Waals surface area contributed by atoms with Crippen molar-refractivity contribution in [2.45, 2.75) is 25.9 Å². The molecule has 4 heteroatoms. The molecular weight excluding hydrogens is 259 g/mol. The molecule has 20 heavy (non-hydrogen) atoms. The molecule has 0 amide bonds. The van der Waals surface area contributed by atoms with Gasteiger partial charge >= 0.3 is 0 Å². The molecule has 0 bridgehead atoms. The first-order valence-electron chi connectivity index (χ1n) is 6.47. The number of carbonyl (C=O) groups excluding carboxylic acids is 2. The van der Waals surface area contributed by atoms with Gasteiger partial charge in [0.25, 0.3) is 0 Å². The zero-order valence-electron chi connectivity index (χ0n) is 11.0. The highest BCUT2D eigenvalue weighted by Crippen LogP contribution is 2.31. The summed E-state index contributed by atoms with van der Waals surface area (Å²) in [7, 11) is 0. The van der Waals surface area contributed by atoms with E-state index in [0.29, 0.717) is 24.0 Å². The lowest BCUT2D eigenvalue weighted by Crippen LogP contribution is -2.23. The van der Waals surface area contributed by atoms with Gasteiger partial charge in [-0.25, -0.2) is 4.39 Å². The number of ketones is 2. The van der Waals surface area contributed by atoms with Gasteiger partial charge < -0.3 is 4.74 Å². The molecule has 1 aliphatic carbocycles. The summed E-state index contributed by atoms with van der Waals surface area (Å²) < 4.78 is 18.7. The van der Waals surface area contributed by atoms with Crippen molar-refractivity contribution >= 4 is 11.6 Å². The van der Waals surface area contributed by atoms with Gasteiger partial charge in [-0.15, -0.1) is 0 Å². The Morgan fingerprint density at radius 1 is 1.25 bits per heavy atom. The van der Waals surface area contributed by atoms with Crippen molar-refractivity contribution in [3.63, 3.8) is 0 Å². The summed E-state index contributed by atoms with van der Waals surface area (Å²) in [6.45, 7) is 1.64. The van der Waals surface area contributed by atoms with Crippen LogP contribution in [-0.4, -0.2) is 17.7 Å². The average molecular weight is 272 g/mol. The Labute approximate surface area is 115 Å². The van der Waals surface area contributed by atoms with Crippen LogP contribution in [0, 0.1) is 5.82 Å². The lowest BCUT2D eigenvalue weighted by Gasteiger charge is -2.21. The summed E-state index contributed by atoms with van der Waals surface area (Å²) in [5, 5.41) is 0. The fraction of sp³-hybridized carbons (Fsp3) is 0.250. The maximum absolute atomic E-state index is 13.3. The van der Waals surface area contributed by atoms with E-state index in [1.54, 1.807) is 13.2 Å². The second-order valence-electron chi connectivity index (χ2n) is 5.02. The maximum Gasteiger partial charge on any atom is 0.190 e. The lowest BCUT2D eigenvalue weighted by molar-refractivity contribution is 0.0958. The summed E-state index contributed by atoms with van der Waals surface area (Å²) in [5.41, 5.74) is 1.30. The number of halogens is 1. The minimum absolute atomic E-state index is 0.119. The molecular formula is C16H13FO3. The minimum Gasteiger partial charge on any atom is -0.498 e. The molecule has 1 atom stereocenters. The third kappa shape index (κ3) is 1.97. The Balaban J connectivity index is 2.00. The standard InChI is InChI=1S/C16H13FO3/c1-9-13(8-11-3-2-6-20-11)16(19)14-7-10(17)4-5-12(14)15(9)18/h2,4-7,11H,3,8H2,1H3. The Kier molecular flexibility index (Phi) is 3.01. The Morgan fingerprint density at radius 3 is 2.75 bits per heavy atom. The number of rotatable bonds is 2. The normalized spacial score (nSPS) is 21.2. The predicted octanol–water partition coefficient (Wildman–Crippen LogP) is 3.21. The molecule has 3 nitrogen and oxygen atoms in total. The monoisotopic (exact) mass is 272 g/mol. The van der Waals surface area contributed by atoms with Crippen molar-refractivity contribution in [3.8, 4) is 0 Å². The highest BCUT2D eigenvalue weighted by Gasteiger charge is 2.31. The molecule has 0 spiro atoms. The number of allylic oxidation sites excluding steroid dienone is 1. The molecule has 1 unspecified atom stereocenters. The van der Waals surface area contributed by atoms with E-state index in [1.807, 2.05) is 6.08 Å². The number of hydrogen-bond donors (Lipinski definition) is 0. The summed E-state index contributed by atoms with van der Waals surface area (Å²) in [6.07, 6.45) is 4.45. The number of hydrogen-bond acceptors (Lipinski definition) is 3. The second kappa shape index (κ2) is 4.71. The fourth-order valence-corrected chi connectivity index (χ4v) is 2.61. The SMILES string of the molecule is CC1=C(CC2CC=CO2)C(=O)c2cc(F)ccc2C1=O. The molecule has 2 aliphatic rings. The molecule has 0 aromatic heterocycles. The fourth-order valence-electron chi connectivity index (χ4n) is 2.61. The largest absolute Gasteiger partial charge is 0.498 e. The van der Waals surface area contributed by atoms with Gasteiger partial charge in [0.2, 0.25) is 0 Å². The summed E-state index contributed by atoms with van der Waals surface area (Å²) >= 11 is 0. The first kappa shape index (κ1) is 12.8. The van der Waals surface area contributed by atoms with E-state index in [2.05, 4.69) is 0 Å². The van der Waals surface area contributed by atoms with Crippen LogP contribution < -0.4 is 0 Å². The van der Waals surface area contributed by atoms with Crippen molar-refractivity contribution in [1.82, 2.24) is 0 Å². The topological polar surface area (TPSA) is 43.4 Å². The van der Waals surface area contributed by atoms with Crippen molar-refractivity contribution in [3.05, 3.63) is 58.6 Å². The summed E-state index contributed by atoms with van der Waals surface area (Å²) in [6, 6.07) is 3.71. The van der Waals surface area contributed by atoms with Gasteiger partial charge in [-0.3, -0.25) is 9.59 Å². The Morgan fingerprint density at radius 2 is 2.05 bits per heavy atom.